The quantitative estimate of drug-likeness (QED) is 0.860. The van der Waals surface area contributed by atoms with E-state index in [0.29, 0.717) is 35.9 Å². The van der Waals surface area contributed by atoms with Gasteiger partial charge in [0.05, 0.1) is 17.5 Å². The molecule has 5 nitrogen and oxygen atoms in total. The van der Waals surface area contributed by atoms with Crippen LogP contribution in [0.2, 0.25) is 0 Å². The zero-order chi connectivity index (χ0) is 16.2. The van der Waals surface area contributed by atoms with E-state index in [1.807, 2.05) is 12.1 Å². The van der Waals surface area contributed by atoms with Gasteiger partial charge in [0.15, 0.2) is 0 Å². The Kier molecular flexibility index (Phi) is 4.96. The summed E-state index contributed by atoms with van der Waals surface area (Å²) in [5.74, 6) is 1.93. The molecular weight excluding hydrogens is 292 g/mol. The summed E-state index contributed by atoms with van der Waals surface area (Å²) in [4.78, 5) is 19.5. The lowest BCUT2D eigenvalue weighted by molar-refractivity contribution is 0.145. The van der Waals surface area contributed by atoms with Crippen molar-refractivity contribution in [2.75, 3.05) is 20.3 Å². The number of methoxy groups -OCH3 is 1. The Morgan fingerprint density at radius 1 is 1.22 bits per heavy atom. The van der Waals surface area contributed by atoms with E-state index in [-0.39, 0.29) is 5.56 Å². The molecule has 1 aromatic heterocycles. The number of rotatable bonds is 5. The zero-order valence-corrected chi connectivity index (χ0v) is 13.9. The molecule has 1 saturated carbocycles. The van der Waals surface area contributed by atoms with Crippen molar-refractivity contribution in [1.29, 1.82) is 0 Å². The van der Waals surface area contributed by atoms with Crippen molar-refractivity contribution >= 4 is 10.9 Å². The maximum absolute atomic E-state index is 12.2. The predicted molar refractivity (Wildman–Crippen MR) is 90.3 cm³/mol. The lowest BCUT2D eigenvalue weighted by Gasteiger charge is -2.24. The molecule has 1 aliphatic rings. The number of hydrogen-bond acceptors (Lipinski definition) is 4. The van der Waals surface area contributed by atoms with Crippen LogP contribution in [-0.2, 0) is 4.74 Å². The third-order valence-electron chi connectivity index (χ3n) is 4.55. The van der Waals surface area contributed by atoms with Crippen LogP contribution in [0.15, 0.2) is 16.9 Å². The van der Waals surface area contributed by atoms with E-state index >= 15 is 0 Å². The highest BCUT2D eigenvalue weighted by Crippen LogP contribution is 2.38. The number of aryl methyl sites for hydroxylation is 1. The van der Waals surface area contributed by atoms with E-state index in [9.17, 15) is 4.79 Å². The molecule has 0 unspecified atom stereocenters. The second kappa shape index (κ2) is 7.13. The average Bonchev–Trinajstić information content (AvgIpc) is 2.55. The van der Waals surface area contributed by atoms with Crippen LogP contribution in [0.3, 0.4) is 0 Å². The number of aromatic amines is 1. The van der Waals surface area contributed by atoms with Gasteiger partial charge in [-0.25, -0.2) is 4.98 Å². The second-order valence-electron chi connectivity index (χ2n) is 6.23. The number of hydrogen-bond donors (Lipinski definition) is 1. The number of aromatic nitrogens is 2. The molecule has 0 saturated heterocycles. The third kappa shape index (κ3) is 3.55. The number of ether oxygens (including phenoxy) is 2. The van der Waals surface area contributed by atoms with E-state index in [1.54, 1.807) is 14.0 Å². The molecule has 124 valence electrons. The van der Waals surface area contributed by atoms with Crippen LogP contribution in [0.1, 0.15) is 49.4 Å². The van der Waals surface area contributed by atoms with Gasteiger partial charge in [0, 0.05) is 13.2 Å². The smallest absolute Gasteiger partial charge is 0.258 e. The van der Waals surface area contributed by atoms with Gasteiger partial charge in [-0.1, -0.05) is 19.3 Å². The number of H-pyrrole nitrogens is 1. The fourth-order valence-electron chi connectivity index (χ4n) is 3.39. The molecule has 5 heteroatoms. The van der Waals surface area contributed by atoms with Gasteiger partial charge in [-0.15, -0.1) is 0 Å². The van der Waals surface area contributed by atoms with E-state index in [0.717, 1.165) is 24.2 Å². The molecule has 0 radical (unpaired) electrons. The first-order valence-corrected chi connectivity index (χ1v) is 8.35. The minimum absolute atomic E-state index is 0.0759. The van der Waals surface area contributed by atoms with Gasteiger partial charge in [0.25, 0.3) is 5.56 Å². The molecule has 0 bridgehead atoms. The molecule has 1 N–H and O–H groups in total. The molecule has 0 atom stereocenters. The Bertz CT molecular complexity index is 733. The van der Waals surface area contributed by atoms with Gasteiger partial charge in [-0.2, -0.15) is 0 Å². The molecule has 1 aromatic carbocycles. The predicted octanol–water partition coefficient (Wildman–Crippen LogP) is 3.30. The summed E-state index contributed by atoms with van der Waals surface area (Å²) >= 11 is 0. The second-order valence-corrected chi connectivity index (χ2v) is 6.23. The monoisotopic (exact) mass is 316 g/mol. The van der Waals surface area contributed by atoms with Crippen molar-refractivity contribution in [2.24, 2.45) is 0 Å². The fourth-order valence-corrected chi connectivity index (χ4v) is 3.39. The molecule has 1 heterocycles. The summed E-state index contributed by atoms with van der Waals surface area (Å²) in [6.07, 6.45) is 6.09. The summed E-state index contributed by atoms with van der Waals surface area (Å²) < 4.78 is 11.0. The molecule has 1 aliphatic carbocycles. The number of nitrogens with zero attached hydrogens (tertiary/aromatic N) is 1. The van der Waals surface area contributed by atoms with Crippen LogP contribution in [-0.4, -0.2) is 30.3 Å². The lowest BCUT2D eigenvalue weighted by atomic mass is 9.83. The normalized spacial score (nSPS) is 15.9. The standard InChI is InChI=1S/C18H24N2O3/c1-12-19-16-11-17(23-9-8-22-2)14(10-15(16)18(21)20-12)13-6-4-3-5-7-13/h10-11,13H,3-9H2,1-2H3,(H,19,20,21). The van der Waals surface area contributed by atoms with Gasteiger partial charge in [0.2, 0.25) is 0 Å². The highest BCUT2D eigenvalue weighted by molar-refractivity contribution is 5.80. The van der Waals surface area contributed by atoms with Crippen LogP contribution in [0.5, 0.6) is 5.75 Å². The Morgan fingerprint density at radius 3 is 2.74 bits per heavy atom. The van der Waals surface area contributed by atoms with E-state index in [1.165, 1.54) is 19.3 Å². The van der Waals surface area contributed by atoms with Crippen LogP contribution >= 0.6 is 0 Å². The maximum Gasteiger partial charge on any atom is 0.258 e. The summed E-state index contributed by atoms with van der Waals surface area (Å²) in [5.41, 5.74) is 1.76. The topological polar surface area (TPSA) is 64.2 Å². The van der Waals surface area contributed by atoms with Gasteiger partial charge >= 0.3 is 0 Å². The van der Waals surface area contributed by atoms with Crippen LogP contribution in [0, 0.1) is 6.92 Å². The van der Waals surface area contributed by atoms with Crippen LogP contribution in [0.25, 0.3) is 10.9 Å². The number of fused-ring (bicyclic) bond motifs is 1. The first kappa shape index (κ1) is 16.0. The molecule has 2 aromatic rings. The van der Waals surface area contributed by atoms with E-state index < -0.39 is 0 Å². The first-order valence-electron chi connectivity index (χ1n) is 8.35. The molecule has 1 fully saturated rings. The Labute approximate surface area is 136 Å². The van der Waals surface area contributed by atoms with Crippen molar-refractivity contribution in [3.05, 3.63) is 33.9 Å². The van der Waals surface area contributed by atoms with Gasteiger partial charge in [-0.05, 0) is 37.3 Å². The Morgan fingerprint density at radius 2 is 2.00 bits per heavy atom. The Balaban J connectivity index is 2.05. The van der Waals surface area contributed by atoms with Gasteiger partial charge in [-0.3, -0.25) is 4.79 Å². The summed E-state index contributed by atoms with van der Waals surface area (Å²) in [6.45, 7) is 2.84. The number of nitrogens with one attached hydrogen (secondary N) is 1. The lowest BCUT2D eigenvalue weighted by Crippen LogP contribution is -2.14. The fraction of sp³-hybridized carbons (Fsp3) is 0.556. The van der Waals surface area contributed by atoms with E-state index in [2.05, 4.69) is 9.97 Å². The largest absolute Gasteiger partial charge is 0.491 e. The maximum atomic E-state index is 12.2. The SMILES string of the molecule is COCCOc1cc2nc(C)[nH]c(=O)c2cc1C1CCCCC1. The Hall–Kier alpha value is -1.88. The first-order chi connectivity index (χ1) is 11.2. The van der Waals surface area contributed by atoms with Crippen molar-refractivity contribution in [3.8, 4) is 5.75 Å². The van der Waals surface area contributed by atoms with E-state index in [4.69, 9.17) is 9.47 Å². The highest BCUT2D eigenvalue weighted by Gasteiger charge is 2.21. The average molecular weight is 316 g/mol. The molecule has 0 aliphatic heterocycles. The minimum Gasteiger partial charge on any atom is -0.491 e. The zero-order valence-electron chi connectivity index (χ0n) is 13.9. The van der Waals surface area contributed by atoms with Crippen molar-refractivity contribution < 1.29 is 9.47 Å². The number of benzene rings is 1. The molecule has 3 rings (SSSR count). The van der Waals surface area contributed by atoms with Crippen LogP contribution in [0.4, 0.5) is 0 Å². The molecule has 0 spiro atoms. The molecule has 23 heavy (non-hydrogen) atoms. The summed E-state index contributed by atoms with van der Waals surface area (Å²) in [7, 11) is 1.66. The van der Waals surface area contributed by atoms with Crippen molar-refractivity contribution in [3.63, 3.8) is 0 Å². The molecular formula is C18H24N2O3. The molecule has 0 amide bonds. The minimum atomic E-state index is -0.0759. The van der Waals surface area contributed by atoms with Gasteiger partial charge < -0.3 is 14.5 Å². The van der Waals surface area contributed by atoms with Crippen molar-refractivity contribution in [1.82, 2.24) is 9.97 Å². The highest BCUT2D eigenvalue weighted by atomic mass is 16.5. The summed E-state index contributed by atoms with van der Waals surface area (Å²) in [5, 5.41) is 0.648. The summed E-state index contributed by atoms with van der Waals surface area (Å²) in [6, 6.07) is 3.90. The third-order valence-corrected chi connectivity index (χ3v) is 4.55. The van der Waals surface area contributed by atoms with Crippen molar-refractivity contribution in [2.45, 2.75) is 44.9 Å². The van der Waals surface area contributed by atoms with Crippen LogP contribution < -0.4 is 10.3 Å². The van der Waals surface area contributed by atoms with Gasteiger partial charge in [0.1, 0.15) is 18.2 Å².